The van der Waals surface area contributed by atoms with Gasteiger partial charge >= 0.3 is 5.91 Å². The number of rotatable bonds is 3. The molecule has 1 atom stereocenters. The van der Waals surface area contributed by atoms with Crippen molar-refractivity contribution in [3.05, 3.63) is 101 Å². The van der Waals surface area contributed by atoms with Crippen molar-refractivity contribution in [1.82, 2.24) is 4.98 Å². The lowest BCUT2D eigenvalue weighted by Crippen LogP contribution is -2.29. The van der Waals surface area contributed by atoms with Gasteiger partial charge in [0.25, 0.3) is 5.78 Å². The maximum atomic E-state index is 14.1. The number of aromatic nitrogens is 1. The molecule has 1 saturated heterocycles. The number of aliphatic hydroxyl groups excluding tert-OH is 1. The van der Waals surface area contributed by atoms with Gasteiger partial charge in [0, 0.05) is 5.56 Å². The molecule has 8 heteroatoms. The highest BCUT2D eigenvalue weighted by Crippen LogP contribution is 2.44. The molecule has 0 spiro atoms. The topological polar surface area (TPSA) is 70.5 Å². The molecule has 0 aliphatic carbocycles. The summed E-state index contributed by atoms with van der Waals surface area (Å²) in [7, 11) is 0. The van der Waals surface area contributed by atoms with E-state index in [1.54, 1.807) is 6.07 Å². The molecular weight excluding hydrogens is 446 g/mol. The highest BCUT2D eigenvalue weighted by Gasteiger charge is 2.48. The second kappa shape index (κ2) is 7.90. The first-order valence-electron chi connectivity index (χ1n) is 10.0. The zero-order valence-electron chi connectivity index (χ0n) is 17.3. The Morgan fingerprint density at radius 2 is 1.76 bits per heavy atom. The van der Waals surface area contributed by atoms with Crippen LogP contribution < -0.4 is 4.90 Å². The van der Waals surface area contributed by atoms with Crippen LogP contribution >= 0.6 is 11.3 Å². The smallest absolute Gasteiger partial charge is 0.301 e. The van der Waals surface area contributed by atoms with Crippen LogP contribution in [0.2, 0.25) is 0 Å². The van der Waals surface area contributed by atoms with Gasteiger partial charge in [0.1, 0.15) is 17.4 Å². The molecule has 1 aliphatic rings. The lowest BCUT2D eigenvalue weighted by molar-refractivity contribution is -0.132. The second-order valence-corrected chi connectivity index (χ2v) is 8.71. The summed E-state index contributed by atoms with van der Waals surface area (Å²) < 4.78 is 28.3. The standard InChI is InChI=1S/C25H16F2N2O3S/c1-13-5-10-18-19(11-13)33-25(28-18)29-21(15-3-2-4-17(27)12-15)20(23(31)24(29)32)22(30)14-6-8-16(26)9-7-14/h2-12,21,30H,1H3/b22-20+. The van der Waals surface area contributed by atoms with Crippen LogP contribution in [0.25, 0.3) is 16.0 Å². The van der Waals surface area contributed by atoms with Gasteiger partial charge in [0.15, 0.2) is 5.13 Å². The Kier molecular flexibility index (Phi) is 5.02. The Labute approximate surface area is 191 Å². The van der Waals surface area contributed by atoms with Crippen LogP contribution in [0, 0.1) is 18.6 Å². The molecule has 0 radical (unpaired) electrons. The highest BCUT2D eigenvalue weighted by atomic mass is 32.1. The lowest BCUT2D eigenvalue weighted by Gasteiger charge is -2.23. The number of aliphatic hydroxyl groups is 1. The molecular formula is C25H16F2N2O3S. The number of benzene rings is 3. The van der Waals surface area contributed by atoms with E-state index in [-0.39, 0.29) is 16.3 Å². The normalized spacial score (nSPS) is 17.8. The minimum atomic E-state index is -1.10. The van der Waals surface area contributed by atoms with Crippen LogP contribution in [0.1, 0.15) is 22.7 Å². The third kappa shape index (κ3) is 3.58. The molecule has 0 saturated carbocycles. The number of Topliss-reactive ketones (excluding diaryl/α,β-unsaturated/α-hetero) is 1. The van der Waals surface area contributed by atoms with Crippen molar-refractivity contribution in [3.63, 3.8) is 0 Å². The zero-order chi connectivity index (χ0) is 23.3. The third-order valence-electron chi connectivity index (χ3n) is 5.47. The highest BCUT2D eigenvalue weighted by molar-refractivity contribution is 7.22. The number of halogens is 2. The molecule has 4 aromatic rings. The van der Waals surface area contributed by atoms with E-state index in [4.69, 9.17) is 0 Å². The number of anilines is 1. The summed E-state index contributed by atoms with van der Waals surface area (Å²) in [6.07, 6.45) is 0. The number of fused-ring (bicyclic) bond motifs is 1. The Balaban J connectivity index is 1.74. The fourth-order valence-electron chi connectivity index (χ4n) is 3.91. The summed E-state index contributed by atoms with van der Waals surface area (Å²) in [6, 6.07) is 14.9. The van der Waals surface area contributed by atoms with Crippen molar-refractivity contribution in [2.24, 2.45) is 0 Å². The fourth-order valence-corrected chi connectivity index (χ4v) is 5.00. The number of carbonyl (C=O) groups excluding carboxylic acids is 2. The van der Waals surface area contributed by atoms with Gasteiger partial charge in [-0.2, -0.15) is 0 Å². The van der Waals surface area contributed by atoms with Crippen LogP contribution in [0.15, 0.2) is 72.3 Å². The molecule has 2 heterocycles. The van der Waals surface area contributed by atoms with E-state index in [1.165, 1.54) is 46.6 Å². The first kappa shape index (κ1) is 21.0. The van der Waals surface area contributed by atoms with Gasteiger partial charge in [0.05, 0.1) is 21.8 Å². The van der Waals surface area contributed by atoms with Crippen LogP contribution in [-0.4, -0.2) is 21.8 Å². The Hall–Kier alpha value is -3.91. The van der Waals surface area contributed by atoms with E-state index in [1.807, 2.05) is 25.1 Å². The molecule has 5 rings (SSSR count). The monoisotopic (exact) mass is 462 g/mol. The average molecular weight is 462 g/mol. The van der Waals surface area contributed by atoms with Gasteiger partial charge in [-0.25, -0.2) is 13.8 Å². The van der Waals surface area contributed by atoms with E-state index < -0.39 is 35.1 Å². The number of aryl methyl sites for hydroxylation is 1. The summed E-state index contributed by atoms with van der Waals surface area (Å²) in [5.41, 5.74) is 1.91. The number of hydrogen-bond acceptors (Lipinski definition) is 5. The number of nitrogens with zero attached hydrogens (tertiary/aromatic N) is 2. The first-order valence-corrected chi connectivity index (χ1v) is 10.8. The molecule has 1 unspecified atom stereocenters. The van der Waals surface area contributed by atoms with Gasteiger partial charge in [-0.3, -0.25) is 14.5 Å². The van der Waals surface area contributed by atoms with Crippen molar-refractivity contribution in [2.45, 2.75) is 13.0 Å². The van der Waals surface area contributed by atoms with Crippen molar-refractivity contribution < 1.29 is 23.5 Å². The summed E-state index contributed by atoms with van der Waals surface area (Å²) in [6.45, 7) is 1.93. The van der Waals surface area contributed by atoms with Gasteiger partial charge in [-0.1, -0.05) is 29.5 Å². The average Bonchev–Trinajstić information content (AvgIpc) is 3.32. The van der Waals surface area contributed by atoms with Gasteiger partial charge in [-0.15, -0.1) is 0 Å². The number of thiazole rings is 1. The summed E-state index contributed by atoms with van der Waals surface area (Å²) in [5.74, 6) is -3.36. The molecule has 0 bridgehead atoms. The van der Waals surface area contributed by atoms with Crippen LogP contribution in [0.4, 0.5) is 13.9 Å². The molecule has 164 valence electrons. The third-order valence-corrected chi connectivity index (χ3v) is 6.48. The molecule has 1 aromatic heterocycles. The molecule has 1 amide bonds. The fraction of sp³-hybridized carbons (Fsp3) is 0.0800. The van der Waals surface area contributed by atoms with Crippen molar-refractivity contribution in [2.75, 3.05) is 4.90 Å². The largest absolute Gasteiger partial charge is 0.507 e. The van der Waals surface area contributed by atoms with Crippen LogP contribution in [-0.2, 0) is 9.59 Å². The van der Waals surface area contributed by atoms with Gasteiger partial charge in [-0.05, 0) is 66.6 Å². The summed E-state index contributed by atoms with van der Waals surface area (Å²) in [4.78, 5) is 32.0. The summed E-state index contributed by atoms with van der Waals surface area (Å²) in [5, 5.41) is 11.2. The molecule has 1 N–H and O–H groups in total. The Morgan fingerprint density at radius 1 is 1.00 bits per heavy atom. The Bertz CT molecular complexity index is 1460. The van der Waals surface area contributed by atoms with E-state index in [9.17, 15) is 23.5 Å². The second-order valence-electron chi connectivity index (χ2n) is 7.70. The predicted molar refractivity (Wildman–Crippen MR) is 122 cm³/mol. The SMILES string of the molecule is Cc1ccc2nc(N3C(=O)C(=O)/C(=C(/O)c4ccc(F)cc4)C3c3cccc(F)c3)sc2c1. The molecule has 3 aromatic carbocycles. The predicted octanol–water partition coefficient (Wildman–Crippen LogP) is 5.51. The lowest BCUT2D eigenvalue weighted by atomic mass is 9.95. The van der Waals surface area contributed by atoms with Gasteiger partial charge < -0.3 is 5.11 Å². The van der Waals surface area contributed by atoms with E-state index >= 15 is 0 Å². The zero-order valence-corrected chi connectivity index (χ0v) is 18.1. The number of carbonyl (C=O) groups is 2. The molecule has 1 aliphatic heterocycles. The van der Waals surface area contributed by atoms with Crippen LogP contribution in [0.3, 0.4) is 0 Å². The minimum Gasteiger partial charge on any atom is -0.507 e. The quantitative estimate of drug-likeness (QED) is 0.248. The van der Waals surface area contributed by atoms with E-state index in [2.05, 4.69) is 4.98 Å². The minimum absolute atomic E-state index is 0.163. The molecule has 33 heavy (non-hydrogen) atoms. The Morgan fingerprint density at radius 3 is 2.48 bits per heavy atom. The summed E-state index contributed by atoms with van der Waals surface area (Å²) >= 11 is 1.22. The van der Waals surface area contributed by atoms with Crippen molar-refractivity contribution >= 4 is 44.1 Å². The van der Waals surface area contributed by atoms with Gasteiger partial charge in [0.2, 0.25) is 0 Å². The van der Waals surface area contributed by atoms with Crippen molar-refractivity contribution in [1.29, 1.82) is 0 Å². The van der Waals surface area contributed by atoms with Crippen molar-refractivity contribution in [3.8, 4) is 0 Å². The molecule has 1 fully saturated rings. The maximum absolute atomic E-state index is 14.1. The maximum Gasteiger partial charge on any atom is 0.301 e. The van der Waals surface area contributed by atoms with Crippen LogP contribution in [0.5, 0.6) is 0 Å². The number of ketones is 1. The molecule has 5 nitrogen and oxygen atoms in total. The first-order chi connectivity index (χ1) is 15.8. The van der Waals surface area contributed by atoms with E-state index in [0.29, 0.717) is 11.1 Å². The van der Waals surface area contributed by atoms with E-state index in [0.717, 1.165) is 22.4 Å². The number of amides is 1. The number of hydrogen-bond donors (Lipinski definition) is 1.